The highest BCUT2D eigenvalue weighted by Gasteiger charge is 2.41. The molecule has 130 valence electrons. The number of nitrogens with two attached hydrogens (primary N) is 1. The molecule has 1 amide bonds. The molecule has 8 heteroatoms. The highest BCUT2D eigenvalue weighted by atomic mass is 35.5. The zero-order chi connectivity index (χ0) is 15.5. The van der Waals surface area contributed by atoms with Crippen molar-refractivity contribution in [1.82, 2.24) is 5.32 Å². The number of nitrogens with one attached hydrogen (secondary N) is 1. The molecule has 22 heavy (non-hydrogen) atoms. The maximum Gasteiger partial charge on any atom is 0.391 e. The number of carbonyl (C=O) groups excluding carboxylic acids is 1. The van der Waals surface area contributed by atoms with Gasteiger partial charge in [-0.3, -0.25) is 4.79 Å². The summed E-state index contributed by atoms with van der Waals surface area (Å²) in [6.07, 6.45) is -1.79. The van der Waals surface area contributed by atoms with Crippen LogP contribution in [-0.4, -0.2) is 37.4 Å². The Morgan fingerprint density at radius 2 is 1.73 bits per heavy atom. The van der Waals surface area contributed by atoms with Gasteiger partial charge in [-0.15, -0.1) is 12.4 Å². The average molecular weight is 345 g/mol. The van der Waals surface area contributed by atoms with Gasteiger partial charge in [-0.25, -0.2) is 0 Å². The second-order valence-corrected chi connectivity index (χ2v) is 6.24. The van der Waals surface area contributed by atoms with Crippen LogP contribution < -0.4 is 11.1 Å². The van der Waals surface area contributed by atoms with Crippen LogP contribution in [0.25, 0.3) is 0 Å². The largest absolute Gasteiger partial charge is 0.391 e. The van der Waals surface area contributed by atoms with Crippen LogP contribution in [0.4, 0.5) is 13.2 Å². The van der Waals surface area contributed by atoms with Gasteiger partial charge in [0.05, 0.1) is 11.5 Å². The summed E-state index contributed by atoms with van der Waals surface area (Å²) in [5.74, 6) is -1.26. The van der Waals surface area contributed by atoms with E-state index in [4.69, 9.17) is 10.5 Å². The lowest BCUT2D eigenvalue weighted by Gasteiger charge is -2.33. The number of ether oxygens (including phenoxy) is 1. The predicted molar refractivity (Wildman–Crippen MR) is 78.7 cm³/mol. The lowest BCUT2D eigenvalue weighted by molar-refractivity contribution is -0.183. The molecular weight excluding hydrogens is 321 g/mol. The van der Waals surface area contributed by atoms with Crippen molar-refractivity contribution in [2.75, 3.05) is 19.8 Å². The fraction of sp³-hybridized carbons (Fsp3) is 0.929. The molecule has 0 spiro atoms. The lowest BCUT2D eigenvalue weighted by Crippen LogP contribution is -2.57. The monoisotopic (exact) mass is 344 g/mol. The normalized spacial score (nSPS) is 28.5. The van der Waals surface area contributed by atoms with Gasteiger partial charge >= 0.3 is 6.18 Å². The van der Waals surface area contributed by atoms with Crippen molar-refractivity contribution < 1.29 is 22.7 Å². The van der Waals surface area contributed by atoms with Crippen molar-refractivity contribution in [3.63, 3.8) is 0 Å². The van der Waals surface area contributed by atoms with Crippen LogP contribution >= 0.6 is 12.4 Å². The Morgan fingerprint density at radius 1 is 1.18 bits per heavy atom. The van der Waals surface area contributed by atoms with Gasteiger partial charge < -0.3 is 15.8 Å². The number of amides is 1. The summed E-state index contributed by atoms with van der Waals surface area (Å²) in [6, 6.07) is 0. The van der Waals surface area contributed by atoms with Gasteiger partial charge in [-0.05, 0) is 44.4 Å². The molecular formula is C14H24ClF3N2O2. The molecule has 0 radical (unpaired) electrons. The molecule has 1 heterocycles. The minimum atomic E-state index is -4.09. The van der Waals surface area contributed by atoms with E-state index in [1.54, 1.807) is 0 Å². The molecule has 1 aliphatic carbocycles. The van der Waals surface area contributed by atoms with Crippen molar-refractivity contribution in [1.29, 1.82) is 0 Å². The predicted octanol–water partition coefficient (Wildman–Crippen LogP) is 2.40. The first kappa shape index (κ1) is 19.5. The summed E-state index contributed by atoms with van der Waals surface area (Å²) < 4.78 is 42.9. The molecule has 0 aromatic carbocycles. The zero-order valence-electron chi connectivity index (χ0n) is 12.5. The van der Waals surface area contributed by atoms with E-state index in [1.165, 1.54) is 0 Å². The first-order valence-corrected chi connectivity index (χ1v) is 7.53. The molecule has 2 aliphatic rings. The fourth-order valence-corrected chi connectivity index (χ4v) is 3.07. The maximum absolute atomic E-state index is 12.6. The minimum absolute atomic E-state index is 0. The third-order valence-electron chi connectivity index (χ3n) is 4.70. The SMILES string of the molecule is Cl.NC1(C(=O)NCC2CCC(C(F)(F)F)CC2)CCOCC1. The van der Waals surface area contributed by atoms with Gasteiger partial charge in [-0.2, -0.15) is 13.2 Å². The van der Waals surface area contributed by atoms with E-state index in [0.29, 0.717) is 45.4 Å². The van der Waals surface area contributed by atoms with Crippen molar-refractivity contribution >= 4 is 18.3 Å². The second kappa shape index (κ2) is 7.84. The summed E-state index contributed by atoms with van der Waals surface area (Å²) in [4.78, 5) is 12.1. The topological polar surface area (TPSA) is 64.4 Å². The number of rotatable bonds is 3. The zero-order valence-corrected chi connectivity index (χ0v) is 13.3. The second-order valence-electron chi connectivity index (χ2n) is 6.24. The number of hydrogen-bond acceptors (Lipinski definition) is 3. The van der Waals surface area contributed by atoms with Crippen LogP contribution in [0.5, 0.6) is 0 Å². The summed E-state index contributed by atoms with van der Waals surface area (Å²) >= 11 is 0. The molecule has 0 bridgehead atoms. The van der Waals surface area contributed by atoms with E-state index in [1.807, 2.05) is 0 Å². The van der Waals surface area contributed by atoms with Crippen molar-refractivity contribution in [2.24, 2.45) is 17.6 Å². The van der Waals surface area contributed by atoms with Gasteiger partial charge in [0.25, 0.3) is 0 Å². The number of hydrogen-bond donors (Lipinski definition) is 2. The maximum atomic E-state index is 12.6. The molecule has 4 nitrogen and oxygen atoms in total. The van der Waals surface area contributed by atoms with Crippen LogP contribution in [0, 0.1) is 11.8 Å². The summed E-state index contributed by atoms with van der Waals surface area (Å²) in [6.45, 7) is 1.37. The van der Waals surface area contributed by atoms with E-state index in [0.717, 1.165) is 0 Å². The van der Waals surface area contributed by atoms with Gasteiger partial charge in [0, 0.05) is 19.8 Å². The van der Waals surface area contributed by atoms with Crippen LogP contribution in [0.1, 0.15) is 38.5 Å². The minimum Gasteiger partial charge on any atom is -0.381 e. The highest BCUT2D eigenvalue weighted by molar-refractivity contribution is 5.86. The van der Waals surface area contributed by atoms with Gasteiger partial charge in [0.1, 0.15) is 0 Å². The smallest absolute Gasteiger partial charge is 0.381 e. The Kier molecular flexibility index (Phi) is 6.95. The Morgan fingerprint density at radius 3 is 2.23 bits per heavy atom. The van der Waals surface area contributed by atoms with E-state index in [9.17, 15) is 18.0 Å². The molecule has 3 N–H and O–H groups in total. The third kappa shape index (κ3) is 4.99. The third-order valence-corrected chi connectivity index (χ3v) is 4.70. The van der Waals surface area contributed by atoms with Crippen molar-refractivity contribution in [2.45, 2.75) is 50.2 Å². The van der Waals surface area contributed by atoms with Crippen LogP contribution in [-0.2, 0) is 9.53 Å². The number of halogens is 4. The molecule has 1 saturated heterocycles. The van der Waals surface area contributed by atoms with E-state index >= 15 is 0 Å². The summed E-state index contributed by atoms with van der Waals surface area (Å²) in [7, 11) is 0. The highest BCUT2D eigenvalue weighted by Crippen LogP contribution is 2.39. The molecule has 2 fully saturated rings. The summed E-state index contributed by atoms with van der Waals surface area (Å²) in [5.41, 5.74) is 5.17. The number of carbonyl (C=O) groups is 1. The molecule has 2 rings (SSSR count). The van der Waals surface area contributed by atoms with Crippen LogP contribution in [0.15, 0.2) is 0 Å². The Labute approximate surface area is 134 Å². The fourth-order valence-electron chi connectivity index (χ4n) is 3.07. The van der Waals surface area contributed by atoms with Crippen LogP contribution in [0.2, 0.25) is 0 Å². The van der Waals surface area contributed by atoms with Crippen molar-refractivity contribution in [3.8, 4) is 0 Å². The average Bonchev–Trinajstić information content (AvgIpc) is 2.45. The first-order chi connectivity index (χ1) is 9.81. The van der Waals surface area contributed by atoms with E-state index in [2.05, 4.69) is 5.32 Å². The molecule has 1 saturated carbocycles. The quantitative estimate of drug-likeness (QED) is 0.826. The molecule has 0 atom stereocenters. The number of alkyl halides is 3. The van der Waals surface area contributed by atoms with E-state index < -0.39 is 17.6 Å². The Bertz CT molecular complexity index is 366. The first-order valence-electron chi connectivity index (χ1n) is 7.53. The van der Waals surface area contributed by atoms with Crippen LogP contribution in [0.3, 0.4) is 0 Å². The standard InChI is InChI=1S/C14H23F3N2O2.ClH/c15-14(16,17)11-3-1-10(2-4-11)9-19-12(20)13(18)5-7-21-8-6-13;/h10-11H,1-9,18H2,(H,19,20);1H. The van der Waals surface area contributed by atoms with Crippen molar-refractivity contribution in [3.05, 3.63) is 0 Å². The van der Waals surface area contributed by atoms with Gasteiger partial charge in [-0.1, -0.05) is 0 Å². The van der Waals surface area contributed by atoms with Gasteiger partial charge in [0.2, 0.25) is 5.91 Å². The molecule has 0 aromatic heterocycles. The Balaban J connectivity index is 0.00000242. The van der Waals surface area contributed by atoms with Gasteiger partial charge in [0.15, 0.2) is 0 Å². The Hall–Kier alpha value is -0.530. The molecule has 0 unspecified atom stereocenters. The molecule has 1 aliphatic heterocycles. The molecule has 0 aromatic rings. The summed E-state index contributed by atoms with van der Waals surface area (Å²) in [5, 5.41) is 2.82. The van der Waals surface area contributed by atoms with E-state index in [-0.39, 0.29) is 37.1 Å². The lowest BCUT2D eigenvalue weighted by atomic mass is 9.81.